The lowest BCUT2D eigenvalue weighted by Gasteiger charge is -2.17. The van der Waals surface area contributed by atoms with Crippen LogP contribution in [0.5, 0.6) is 0 Å². The van der Waals surface area contributed by atoms with Crippen molar-refractivity contribution in [1.29, 1.82) is 0 Å². The molecule has 4 heteroatoms. The number of ketones is 2. The molecular weight excluding hydrogens is 184 g/mol. The van der Waals surface area contributed by atoms with Crippen molar-refractivity contribution in [1.82, 2.24) is 0 Å². The number of ether oxygens (including phenoxy) is 2. The summed E-state index contributed by atoms with van der Waals surface area (Å²) in [6.45, 7) is 5.05. The predicted molar refractivity (Wildman–Crippen MR) is 49.1 cm³/mol. The number of carbonyl (C=O) groups excluding carboxylic acids is 2. The predicted octanol–water partition coefficient (Wildman–Crippen LogP) is 0.793. The molecule has 1 aliphatic carbocycles. The average Bonchev–Trinajstić information content (AvgIpc) is 2.20. The minimum absolute atomic E-state index is 0.0533. The second kappa shape index (κ2) is 3.65. The van der Waals surface area contributed by atoms with Gasteiger partial charge in [-0.05, 0) is 13.8 Å². The van der Waals surface area contributed by atoms with E-state index in [2.05, 4.69) is 6.92 Å². The van der Waals surface area contributed by atoms with Crippen molar-refractivity contribution >= 4 is 11.6 Å². The molecule has 0 aromatic heterocycles. The van der Waals surface area contributed by atoms with Crippen molar-refractivity contribution in [3.05, 3.63) is 29.6 Å². The molecular formula is C10H11O4. The quantitative estimate of drug-likeness (QED) is 0.611. The summed E-state index contributed by atoms with van der Waals surface area (Å²) >= 11 is 0. The fraction of sp³-hybridized carbons (Fsp3) is 0.300. The Morgan fingerprint density at radius 3 is 1.86 bits per heavy atom. The van der Waals surface area contributed by atoms with Gasteiger partial charge in [0.25, 0.3) is 0 Å². The van der Waals surface area contributed by atoms with E-state index in [1.54, 1.807) is 0 Å². The van der Waals surface area contributed by atoms with Crippen molar-refractivity contribution in [3.8, 4) is 0 Å². The normalized spacial score (nSPS) is 17.7. The van der Waals surface area contributed by atoms with Gasteiger partial charge in [0.05, 0.1) is 14.2 Å². The van der Waals surface area contributed by atoms with Crippen LogP contribution >= 0.6 is 0 Å². The lowest BCUT2D eigenvalue weighted by atomic mass is 9.94. The molecule has 0 N–H and O–H groups in total. The molecule has 0 heterocycles. The molecule has 14 heavy (non-hydrogen) atoms. The van der Waals surface area contributed by atoms with Gasteiger partial charge in [-0.2, -0.15) is 0 Å². The van der Waals surface area contributed by atoms with Crippen LogP contribution in [-0.2, 0) is 19.1 Å². The SMILES string of the molecule is [CH2]C1=C(C)C(=O)C(OC)=C(OC)C1=O. The molecule has 4 nitrogen and oxygen atoms in total. The lowest BCUT2D eigenvalue weighted by Crippen LogP contribution is -2.23. The second-order valence-corrected chi connectivity index (χ2v) is 2.83. The van der Waals surface area contributed by atoms with Crippen molar-refractivity contribution in [2.75, 3.05) is 14.2 Å². The Balaban J connectivity index is 3.31. The molecule has 0 saturated heterocycles. The third kappa shape index (κ3) is 1.32. The maximum absolute atomic E-state index is 11.6. The highest BCUT2D eigenvalue weighted by Crippen LogP contribution is 2.24. The molecule has 0 saturated carbocycles. The van der Waals surface area contributed by atoms with Gasteiger partial charge in [-0.1, -0.05) is 0 Å². The Kier molecular flexibility index (Phi) is 2.74. The minimum Gasteiger partial charge on any atom is -0.489 e. The van der Waals surface area contributed by atoms with Crippen molar-refractivity contribution in [2.24, 2.45) is 0 Å². The third-order valence-corrected chi connectivity index (χ3v) is 2.09. The molecule has 0 aliphatic heterocycles. The van der Waals surface area contributed by atoms with Crippen LogP contribution in [0.4, 0.5) is 0 Å². The number of methoxy groups -OCH3 is 2. The van der Waals surface area contributed by atoms with Gasteiger partial charge in [0.1, 0.15) is 0 Å². The smallest absolute Gasteiger partial charge is 0.228 e. The number of hydrogen-bond donors (Lipinski definition) is 0. The molecule has 0 amide bonds. The Hall–Kier alpha value is -1.58. The first-order valence-corrected chi connectivity index (χ1v) is 3.99. The van der Waals surface area contributed by atoms with Crippen LogP contribution in [0.15, 0.2) is 22.7 Å². The zero-order valence-corrected chi connectivity index (χ0v) is 8.34. The van der Waals surface area contributed by atoms with Crippen molar-refractivity contribution in [2.45, 2.75) is 6.92 Å². The van der Waals surface area contributed by atoms with E-state index >= 15 is 0 Å². The molecule has 0 bridgehead atoms. The van der Waals surface area contributed by atoms with Gasteiger partial charge in [-0.25, -0.2) is 0 Å². The van der Waals surface area contributed by atoms with Crippen LogP contribution in [0.3, 0.4) is 0 Å². The number of allylic oxidation sites excluding steroid dienone is 2. The van der Waals surface area contributed by atoms with Gasteiger partial charge in [0.15, 0.2) is 0 Å². The molecule has 1 rings (SSSR count). The van der Waals surface area contributed by atoms with Crippen LogP contribution in [0.25, 0.3) is 0 Å². The molecule has 0 aromatic carbocycles. The summed E-state index contributed by atoms with van der Waals surface area (Å²) in [6.07, 6.45) is 0. The monoisotopic (exact) mass is 195 g/mol. The maximum atomic E-state index is 11.6. The fourth-order valence-electron chi connectivity index (χ4n) is 1.19. The topological polar surface area (TPSA) is 52.6 Å². The maximum Gasteiger partial charge on any atom is 0.228 e. The van der Waals surface area contributed by atoms with E-state index < -0.39 is 5.78 Å². The van der Waals surface area contributed by atoms with Gasteiger partial charge >= 0.3 is 0 Å². The fourth-order valence-corrected chi connectivity index (χ4v) is 1.19. The minimum atomic E-state index is -0.401. The molecule has 75 valence electrons. The van der Waals surface area contributed by atoms with Crippen molar-refractivity contribution < 1.29 is 19.1 Å². The number of rotatable bonds is 2. The Bertz CT molecular complexity index is 326. The van der Waals surface area contributed by atoms with E-state index in [0.717, 1.165) is 0 Å². The molecule has 0 aromatic rings. The van der Waals surface area contributed by atoms with Crippen LogP contribution in [0.2, 0.25) is 0 Å². The standard InChI is InChI=1S/C10H11O4/c1-5-6(2)8(12)10(14-4)9(13-3)7(5)11/h1H2,2-4H3. The molecule has 0 spiro atoms. The van der Waals surface area contributed by atoms with Crippen LogP contribution in [0, 0.1) is 6.92 Å². The van der Waals surface area contributed by atoms with Gasteiger partial charge in [-0.3, -0.25) is 9.59 Å². The Labute approximate surface area is 82.2 Å². The summed E-state index contributed by atoms with van der Waals surface area (Å²) < 4.78 is 9.62. The van der Waals surface area contributed by atoms with E-state index in [4.69, 9.17) is 9.47 Å². The first-order valence-electron chi connectivity index (χ1n) is 3.99. The molecule has 0 fully saturated rings. The second-order valence-electron chi connectivity index (χ2n) is 2.83. The molecule has 0 atom stereocenters. The highest BCUT2D eigenvalue weighted by Gasteiger charge is 2.32. The van der Waals surface area contributed by atoms with E-state index in [9.17, 15) is 9.59 Å². The third-order valence-electron chi connectivity index (χ3n) is 2.09. The summed E-state index contributed by atoms with van der Waals surface area (Å²) in [5.41, 5.74) is 0.459. The number of carbonyl (C=O) groups is 2. The first kappa shape index (κ1) is 10.5. The number of hydrogen-bond acceptors (Lipinski definition) is 4. The zero-order valence-electron chi connectivity index (χ0n) is 8.34. The molecule has 1 radical (unpaired) electrons. The largest absolute Gasteiger partial charge is 0.489 e. The van der Waals surface area contributed by atoms with Crippen LogP contribution < -0.4 is 0 Å². The van der Waals surface area contributed by atoms with Gasteiger partial charge in [0.2, 0.25) is 23.1 Å². The zero-order chi connectivity index (χ0) is 10.9. The summed E-state index contributed by atoms with van der Waals surface area (Å²) in [6, 6.07) is 0. The highest BCUT2D eigenvalue weighted by atomic mass is 16.5. The Morgan fingerprint density at radius 2 is 1.43 bits per heavy atom. The van der Waals surface area contributed by atoms with Crippen LogP contribution in [0.1, 0.15) is 6.92 Å². The van der Waals surface area contributed by atoms with E-state index in [1.165, 1.54) is 21.1 Å². The Morgan fingerprint density at radius 1 is 1.00 bits per heavy atom. The molecule has 1 aliphatic rings. The average molecular weight is 195 g/mol. The van der Waals surface area contributed by atoms with E-state index in [0.29, 0.717) is 5.57 Å². The lowest BCUT2D eigenvalue weighted by molar-refractivity contribution is -0.120. The van der Waals surface area contributed by atoms with Gasteiger partial charge in [0, 0.05) is 11.1 Å². The van der Waals surface area contributed by atoms with Crippen molar-refractivity contribution in [3.63, 3.8) is 0 Å². The summed E-state index contributed by atoms with van der Waals surface area (Å²) in [4.78, 5) is 23.1. The van der Waals surface area contributed by atoms with Crippen LogP contribution in [-0.4, -0.2) is 25.8 Å². The summed E-state index contributed by atoms with van der Waals surface area (Å²) in [5, 5.41) is 0. The summed E-state index contributed by atoms with van der Waals surface area (Å²) in [7, 11) is 2.63. The number of Topliss-reactive ketones (excluding diaryl/α,β-unsaturated/α-hetero) is 2. The van der Waals surface area contributed by atoms with E-state index in [1.807, 2.05) is 0 Å². The summed E-state index contributed by atoms with van der Waals surface area (Å²) in [5.74, 6) is -0.883. The van der Waals surface area contributed by atoms with Gasteiger partial charge in [-0.15, -0.1) is 0 Å². The van der Waals surface area contributed by atoms with Gasteiger partial charge < -0.3 is 9.47 Å². The first-order chi connectivity index (χ1) is 6.54. The highest BCUT2D eigenvalue weighted by molar-refractivity contribution is 6.23. The van der Waals surface area contributed by atoms with E-state index in [-0.39, 0.29) is 22.9 Å². The molecule has 0 unspecified atom stereocenters.